The van der Waals surface area contributed by atoms with E-state index in [9.17, 15) is 9.18 Å². The molecule has 2 saturated heterocycles. The lowest BCUT2D eigenvalue weighted by molar-refractivity contribution is -0.0791. The summed E-state index contributed by atoms with van der Waals surface area (Å²) in [6.45, 7) is 0. The number of carbonyl (C=O) groups is 1. The molecule has 3 N–H and O–H groups in total. The molecule has 0 radical (unpaired) electrons. The molecule has 0 spiro atoms. The Morgan fingerprint density at radius 2 is 2.21 bits per heavy atom. The second kappa shape index (κ2) is 3.40. The fourth-order valence-corrected chi connectivity index (χ4v) is 3.71. The van der Waals surface area contributed by atoms with Crippen LogP contribution in [0.3, 0.4) is 0 Å². The highest BCUT2D eigenvalue weighted by Gasteiger charge is 2.56. The molecule has 1 aromatic carbocycles. The van der Waals surface area contributed by atoms with Gasteiger partial charge >= 0.3 is 6.03 Å². The molecule has 100 valence electrons. The van der Waals surface area contributed by atoms with Crippen molar-refractivity contribution in [2.24, 2.45) is 0 Å². The Kier molecular flexibility index (Phi) is 1.99. The molecule has 4 nitrogen and oxygen atoms in total. The molecule has 2 bridgehead atoms. The maximum absolute atomic E-state index is 13.8. The fourth-order valence-electron chi connectivity index (χ4n) is 3.71. The topological polar surface area (TPSA) is 58.4 Å². The number of carbonyl (C=O) groups excluding carboxylic acids is 1. The molecule has 0 unspecified atom stereocenters. The molecule has 1 saturated carbocycles. The smallest absolute Gasteiger partial charge is 0.320 e. The van der Waals surface area contributed by atoms with Crippen LogP contribution in [0, 0.1) is 0 Å². The Balaban J connectivity index is 1.67. The van der Waals surface area contributed by atoms with Crippen molar-refractivity contribution < 1.29 is 9.18 Å². The minimum Gasteiger partial charge on any atom is -0.399 e. The van der Waals surface area contributed by atoms with Crippen LogP contribution in [0.15, 0.2) is 18.2 Å². The van der Waals surface area contributed by atoms with Crippen molar-refractivity contribution in [2.75, 3.05) is 5.73 Å². The van der Waals surface area contributed by atoms with Gasteiger partial charge in [-0.1, -0.05) is 6.07 Å². The maximum Gasteiger partial charge on any atom is 0.320 e. The van der Waals surface area contributed by atoms with E-state index >= 15 is 0 Å². The van der Waals surface area contributed by atoms with E-state index in [-0.39, 0.29) is 18.1 Å². The monoisotopic (exact) mass is 261 g/mol. The molecule has 1 atom stereocenters. The van der Waals surface area contributed by atoms with Gasteiger partial charge in [0.1, 0.15) is 0 Å². The van der Waals surface area contributed by atoms with Crippen molar-refractivity contribution >= 4 is 11.7 Å². The predicted octanol–water partition coefficient (Wildman–Crippen LogP) is 2.11. The molecule has 0 aromatic heterocycles. The molecule has 2 aliphatic heterocycles. The number of rotatable bonds is 1. The number of hydrogen-bond donors (Lipinski definition) is 2. The van der Waals surface area contributed by atoms with Crippen molar-refractivity contribution in [3.8, 4) is 0 Å². The van der Waals surface area contributed by atoms with Crippen LogP contribution >= 0.6 is 0 Å². The highest BCUT2D eigenvalue weighted by atomic mass is 19.1. The van der Waals surface area contributed by atoms with Crippen LogP contribution in [0.4, 0.5) is 14.9 Å². The highest BCUT2D eigenvalue weighted by Crippen LogP contribution is 2.47. The zero-order chi connectivity index (χ0) is 13.2. The standard InChI is InChI=1S/C14H16FN3O/c15-14-6-10(7-14)18(13(19)17-14)12-4-1-8-5-9(16)2-3-11(8)12/h2-3,5,10,12H,1,4,6-7,16H2,(H,17,19)/t10?,12-,14?/m1/s1. The summed E-state index contributed by atoms with van der Waals surface area (Å²) in [6, 6.07) is 5.72. The molecule has 5 heteroatoms. The predicted molar refractivity (Wildman–Crippen MR) is 69.1 cm³/mol. The summed E-state index contributed by atoms with van der Waals surface area (Å²) in [7, 11) is 0. The van der Waals surface area contributed by atoms with Gasteiger partial charge in [-0.2, -0.15) is 0 Å². The average molecular weight is 261 g/mol. The van der Waals surface area contributed by atoms with Crippen molar-refractivity contribution in [1.29, 1.82) is 0 Å². The van der Waals surface area contributed by atoms with Gasteiger partial charge < -0.3 is 16.0 Å². The van der Waals surface area contributed by atoms with Crippen LogP contribution in [0.25, 0.3) is 0 Å². The average Bonchev–Trinajstić information content (AvgIpc) is 2.69. The third-order valence-corrected chi connectivity index (χ3v) is 4.63. The molecule has 2 heterocycles. The number of alkyl halides is 1. The normalized spacial score (nSPS) is 35.6. The van der Waals surface area contributed by atoms with Gasteiger partial charge in [-0.3, -0.25) is 0 Å². The van der Waals surface area contributed by atoms with E-state index in [2.05, 4.69) is 5.32 Å². The van der Waals surface area contributed by atoms with E-state index in [1.165, 1.54) is 11.1 Å². The minimum absolute atomic E-state index is 0.0484. The van der Waals surface area contributed by atoms with Gasteiger partial charge in [-0.05, 0) is 36.1 Å². The van der Waals surface area contributed by atoms with E-state index < -0.39 is 5.79 Å². The van der Waals surface area contributed by atoms with Crippen LogP contribution in [-0.2, 0) is 6.42 Å². The number of nitrogens with zero attached hydrogens (tertiary/aromatic N) is 1. The molecule has 2 aliphatic carbocycles. The number of fused-ring (bicyclic) bond motifs is 3. The number of nitrogen functional groups attached to an aromatic ring is 1. The second-order valence-electron chi connectivity index (χ2n) is 5.88. The lowest BCUT2D eigenvalue weighted by atomic mass is 9.79. The van der Waals surface area contributed by atoms with Gasteiger partial charge in [0.15, 0.2) is 5.79 Å². The third-order valence-electron chi connectivity index (χ3n) is 4.63. The van der Waals surface area contributed by atoms with Gasteiger partial charge in [0.2, 0.25) is 0 Å². The minimum atomic E-state index is -1.44. The van der Waals surface area contributed by atoms with Crippen molar-refractivity contribution in [2.45, 2.75) is 43.6 Å². The van der Waals surface area contributed by atoms with E-state index in [1.54, 1.807) is 0 Å². The molecule has 4 aliphatic rings. The molecule has 19 heavy (non-hydrogen) atoms. The quantitative estimate of drug-likeness (QED) is 0.601. The van der Waals surface area contributed by atoms with E-state index in [4.69, 9.17) is 5.73 Å². The van der Waals surface area contributed by atoms with E-state index in [0.29, 0.717) is 12.8 Å². The first-order valence-electron chi connectivity index (χ1n) is 6.73. The van der Waals surface area contributed by atoms with Crippen LogP contribution in [0.2, 0.25) is 0 Å². The Morgan fingerprint density at radius 1 is 1.42 bits per heavy atom. The molecule has 2 amide bonds. The summed E-state index contributed by atoms with van der Waals surface area (Å²) in [5, 5.41) is 2.49. The van der Waals surface area contributed by atoms with E-state index in [0.717, 1.165) is 18.5 Å². The Labute approximate surface area is 110 Å². The lowest BCUT2D eigenvalue weighted by Gasteiger charge is -2.54. The first-order chi connectivity index (χ1) is 9.06. The van der Waals surface area contributed by atoms with Gasteiger partial charge in [0.05, 0.1) is 6.04 Å². The van der Waals surface area contributed by atoms with Gasteiger partial charge in [0, 0.05) is 24.6 Å². The number of nitrogens with one attached hydrogen (secondary N) is 1. The Morgan fingerprint density at radius 3 is 2.95 bits per heavy atom. The molecular weight excluding hydrogens is 245 g/mol. The summed E-state index contributed by atoms with van der Waals surface area (Å²) in [5.74, 6) is -1.44. The van der Waals surface area contributed by atoms with Crippen LogP contribution in [0.5, 0.6) is 0 Å². The summed E-state index contributed by atoms with van der Waals surface area (Å²) in [4.78, 5) is 13.9. The van der Waals surface area contributed by atoms with Crippen LogP contribution in [0.1, 0.15) is 36.4 Å². The number of halogens is 1. The second-order valence-corrected chi connectivity index (χ2v) is 5.88. The maximum atomic E-state index is 13.8. The van der Waals surface area contributed by atoms with Crippen LogP contribution < -0.4 is 11.1 Å². The van der Waals surface area contributed by atoms with Gasteiger partial charge in [-0.15, -0.1) is 0 Å². The summed E-state index contributed by atoms with van der Waals surface area (Å²) in [6.07, 6.45) is 2.67. The highest BCUT2D eigenvalue weighted by molar-refractivity contribution is 5.78. The van der Waals surface area contributed by atoms with Crippen molar-refractivity contribution in [3.63, 3.8) is 0 Å². The number of aryl methyl sites for hydroxylation is 1. The third kappa shape index (κ3) is 1.47. The number of benzene rings is 1. The molecule has 1 aromatic rings. The summed E-state index contributed by atoms with van der Waals surface area (Å²) >= 11 is 0. The zero-order valence-electron chi connectivity index (χ0n) is 10.5. The number of nitrogens with two attached hydrogens (primary N) is 1. The number of anilines is 1. The number of urea groups is 1. The SMILES string of the molecule is Nc1ccc2c(c1)CC[C@H]2N1C(=O)NC2(F)CC1C2. The fraction of sp³-hybridized carbons (Fsp3) is 0.500. The van der Waals surface area contributed by atoms with Crippen molar-refractivity contribution in [1.82, 2.24) is 10.2 Å². The largest absolute Gasteiger partial charge is 0.399 e. The Hall–Kier alpha value is -1.78. The van der Waals surface area contributed by atoms with Gasteiger partial charge in [0.25, 0.3) is 0 Å². The van der Waals surface area contributed by atoms with Gasteiger partial charge in [-0.25, -0.2) is 9.18 Å². The number of amides is 2. The summed E-state index contributed by atoms with van der Waals surface area (Å²) < 4.78 is 13.8. The Bertz CT molecular complexity index is 568. The molecular formula is C14H16FN3O. The van der Waals surface area contributed by atoms with Crippen molar-refractivity contribution in [3.05, 3.63) is 29.3 Å². The lowest BCUT2D eigenvalue weighted by Crippen LogP contribution is -2.71. The first-order valence-corrected chi connectivity index (χ1v) is 6.73. The summed E-state index contributed by atoms with van der Waals surface area (Å²) in [5.41, 5.74) is 8.94. The van der Waals surface area contributed by atoms with E-state index in [1.807, 2.05) is 23.1 Å². The molecule has 5 rings (SSSR count). The zero-order valence-corrected chi connectivity index (χ0v) is 10.5. The number of hydrogen-bond acceptors (Lipinski definition) is 2. The molecule has 3 fully saturated rings. The van der Waals surface area contributed by atoms with Crippen LogP contribution in [-0.4, -0.2) is 22.8 Å². The first kappa shape index (κ1) is 11.1.